The van der Waals surface area contributed by atoms with Crippen molar-refractivity contribution in [1.29, 1.82) is 0 Å². The first-order valence-electron chi connectivity index (χ1n) is 18.4. The molecule has 2 N–H and O–H groups in total. The Morgan fingerprint density at radius 2 is 1.77 bits per heavy atom. The number of piperazine rings is 1. The Balaban J connectivity index is 1.29. The quantitative estimate of drug-likeness (QED) is 0.303. The maximum atomic E-state index is 15.3. The van der Waals surface area contributed by atoms with Crippen molar-refractivity contribution in [3.05, 3.63) is 77.9 Å². The van der Waals surface area contributed by atoms with Crippen LogP contribution in [0.25, 0.3) is 0 Å². The summed E-state index contributed by atoms with van der Waals surface area (Å²) in [4.78, 5) is 47.5. The first-order valence-corrected chi connectivity index (χ1v) is 21.4. The van der Waals surface area contributed by atoms with Gasteiger partial charge in [0.05, 0.1) is 66.2 Å². The molecule has 1 spiro atoms. The lowest BCUT2D eigenvalue weighted by atomic mass is 9.82. The van der Waals surface area contributed by atoms with Gasteiger partial charge in [-0.2, -0.15) is 0 Å². The Hall–Kier alpha value is -4.23. The number of rotatable bonds is 10. The third-order valence-electron chi connectivity index (χ3n) is 12.0. The molecule has 0 unspecified atom stereocenters. The van der Waals surface area contributed by atoms with Crippen LogP contribution in [0.15, 0.2) is 66.7 Å². The molecule has 0 saturated carbocycles. The van der Waals surface area contributed by atoms with Crippen molar-refractivity contribution in [3.8, 4) is 11.5 Å². The average Bonchev–Trinajstić information content (AvgIpc) is 3.82. The predicted molar refractivity (Wildman–Crippen MR) is 202 cm³/mol. The molecule has 0 aromatic heterocycles. The molecule has 0 bridgehead atoms. The van der Waals surface area contributed by atoms with Crippen LogP contribution in [0, 0.1) is 5.92 Å². The number of nitrogens with one attached hydrogen (secondary N) is 1. The number of fused-ring (bicyclic) bond motifs is 2. The zero-order valence-electron chi connectivity index (χ0n) is 30.8. The summed E-state index contributed by atoms with van der Waals surface area (Å²) in [5.74, 6) is 0.885. The van der Waals surface area contributed by atoms with E-state index in [1.165, 1.54) is 5.19 Å². The van der Waals surface area contributed by atoms with Gasteiger partial charge in [-0.3, -0.25) is 14.4 Å². The summed E-state index contributed by atoms with van der Waals surface area (Å²) in [6.45, 7) is 9.11. The van der Waals surface area contributed by atoms with Crippen molar-refractivity contribution in [1.82, 2.24) is 10.2 Å². The molecule has 11 nitrogen and oxygen atoms in total. The zero-order chi connectivity index (χ0) is 36.8. The Kier molecular flexibility index (Phi) is 9.94. The van der Waals surface area contributed by atoms with Crippen molar-refractivity contribution < 1.29 is 33.7 Å². The molecule has 0 aliphatic carbocycles. The third kappa shape index (κ3) is 6.09. The molecule has 4 aliphatic heterocycles. The summed E-state index contributed by atoms with van der Waals surface area (Å²) in [6, 6.07) is 21.5. The fraction of sp³-hybridized carbons (Fsp3) is 0.475. The minimum atomic E-state index is -2.48. The summed E-state index contributed by atoms with van der Waals surface area (Å²) in [6.07, 6.45) is 1.20. The van der Waals surface area contributed by atoms with Crippen LogP contribution in [0.1, 0.15) is 37.3 Å². The van der Waals surface area contributed by atoms with Crippen molar-refractivity contribution in [2.45, 2.75) is 69.1 Å². The summed E-state index contributed by atoms with van der Waals surface area (Å²) < 4.78 is 18.4. The fourth-order valence-electron chi connectivity index (χ4n) is 9.30. The number of carbonyl (C=O) groups is 3. The lowest BCUT2D eigenvalue weighted by Gasteiger charge is -2.37. The summed E-state index contributed by atoms with van der Waals surface area (Å²) >= 11 is 0. The number of ether oxygens (including phenoxy) is 3. The number of methoxy groups -OCH3 is 2. The van der Waals surface area contributed by atoms with Gasteiger partial charge in [0.1, 0.15) is 11.5 Å². The zero-order valence-corrected chi connectivity index (χ0v) is 31.8. The third-order valence-corrected chi connectivity index (χ3v) is 16.3. The highest BCUT2D eigenvalue weighted by atomic mass is 28.3. The molecule has 3 aromatic rings. The largest absolute Gasteiger partial charge is 0.497 e. The van der Waals surface area contributed by atoms with E-state index in [1.54, 1.807) is 28.9 Å². The van der Waals surface area contributed by atoms with Crippen molar-refractivity contribution >= 4 is 42.4 Å². The molecule has 3 saturated heterocycles. The molecule has 276 valence electrons. The second-order valence-electron chi connectivity index (χ2n) is 15.1. The van der Waals surface area contributed by atoms with E-state index < -0.39 is 19.8 Å². The van der Waals surface area contributed by atoms with Crippen LogP contribution in [0.5, 0.6) is 11.5 Å². The van der Waals surface area contributed by atoms with Gasteiger partial charge in [0.2, 0.25) is 11.8 Å². The molecule has 5 atom stereocenters. The van der Waals surface area contributed by atoms with Gasteiger partial charge in [0.15, 0.2) is 5.60 Å². The van der Waals surface area contributed by atoms with Crippen molar-refractivity contribution in [2.24, 2.45) is 5.92 Å². The van der Waals surface area contributed by atoms with E-state index in [1.807, 2.05) is 54.6 Å². The average molecular weight is 727 g/mol. The van der Waals surface area contributed by atoms with E-state index in [9.17, 15) is 14.7 Å². The number of anilines is 2. The molecule has 4 aliphatic rings. The first kappa shape index (κ1) is 36.1. The van der Waals surface area contributed by atoms with Crippen LogP contribution in [0.4, 0.5) is 11.4 Å². The number of hydrogen-bond acceptors (Lipinski definition) is 8. The van der Waals surface area contributed by atoms with E-state index in [4.69, 9.17) is 14.2 Å². The van der Waals surface area contributed by atoms with E-state index in [-0.39, 0.29) is 54.8 Å². The Labute approximate surface area is 306 Å². The maximum absolute atomic E-state index is 15.3. The Bertz CT molecular complexity index is 1840. The minimum absolute atomic E-state index is 0.0136. The van der Waals surface area contributed by atoms with Crippen LogP contribution in [0.3, 0.4) is 0 Å². The van der Waals surface area contributed by atoms with Gasteiger partial charge in [-0.1, -0.05) is 49.5 Å². The molecular weight excluding hydrogens is 677 g/mol. The fourth-order valence-corrected chi connectivity index (χ4v) is 13.3. The van der Waals surface area contributed by atoms with E-state index in [2.05, 4.69) is 37.5 Å². The molecule has 7 rings (SSSR count). The van der Waals surface area contributed by atoms with Crippen LogP contribution in [-0.4, -0.2) is 95.0 Å². The van der Waals surface area contributed by atoms with Gasteiger partial charge in [-0.25, -0.2) is 0 Å². The second kappa shape index (κ2) is 14.3. The SMILES string of the molecule is COc1ccc([Si](C)(C)[C@@H]2[C@@H](CC(=O)N3CCC[C@H]3CO)O[C@]3(C(=O)N(Cc4cccc(N5CCNCC5=O)c4)c4ccc(OC)cc43)[C@H]2C)cc1. The molecular formula is C40H50N4O7Si. The monoisotopic (exact) mass is 726 g/mol. The summed E-state index contributed by atoms with van der Waals surface area (Å²) in [5.41, 5.74) is 1.71. The van der Waals surface area contributed by atoms with Gasteiger partial charge in [0, 0.05) is 36.8 Å². The second-order valence-corrected chi connectivity index (χ2v) is 19.8. The molecule has 12 heteroatoms. The highest BCUT2D eigenvalue weighted by molar-refractivity contribution is 6.91. The summed E-state index contributed by atoms with van der Waals surface area (Å²) in [7, 11) is 0.783. The normalized spacial score (nSPS) is 26.0. The highest BCUT2D eigenvalue weighted by Crippen LogP contribution is 2.60. The standard InChI is InChI=1S/C40H50N4O7Si/c1-26-38(52(4,5)32-14-11-30(49-2)12-15-32)35(22-36(46)42-18-7-10-29(42)25-45)51-40(26)33-21-31(50-3)13-16-34(33)44(39(40)48)24-27-8-6-9-28(20-27)43-19-17-41-23-37(43)47/h6,8-9,11-16,20-21,26,29,35,38,41,45H,7,10,17-19,22-25H2,1-5H3/t26-,29-,35+,38-,40+/m0/s1. The van der Waals surface area contributed by atoms with Crippen molar-refractivity contribution in [3.63, 3.8) is 0 Å². The number of aliphatic hydroxyl groups is 1. The van der Waals surface area contributed by atoms with Crippen LogP contribution in [0.2, 0.25) is 18.6 Å². The molecule has 3 fully saturated rings. The molecule has 4 heterocycles. The summed E-state index contributed by atoms with van der Waals surface area (Å²) in [5, 5.41) is 14.4. The number of nitrogens with zero attached hydrogens (tertiary/aromatic N) is 3. The van der Waals surface area contributed by atoms with Gasteiger partial charge in [-0.05, 0) is 66.4 Å². The smallest absolute Gasteiger partial charge is 0.264 e. The Morgan fingerprint density at radius 1 is 1.02 bits per heavy atom. The molecule has 3 aromatic carbocycles. The lowest BCUT2D eigenvalue weighted by Crippen LogP contribution is -2.52. The van der Waals surface area contributed by atoms with Crippen LogP contribution < -0.4 is 29.8 Å². The molecule has 0 radical (unpaired) electrons. The molecule has 52 heavy (non-hydrogen) atoms. The van der Waals surface area contributed by atoms with Crippen molar-refractivity contribution in [2.75, 3.05) is 56.8 Å². The van der Waals surface area contributed by atoms with Gasteiger partial charge < -0.3 is 39.3 Å². The highest BCUT2D eigenvalue weighted by Gasteiger charge is 2.66. The predicted octanol–water partition coefficient (Wildman–Crippen LogP) is 3.78. The number of aliphatic hydroxyl groups excluding tert-OH is 1. The number of benzene rings is 3. The van der Waals surface area contributed by atoms with E-state index in [0.717, 1.165) is 41.1 Å². The van der Waals surface area contributed by atoms with Crippen LogP contribution >= 0.6 is 0 Å². The maximum Gasteiger partial charge on any atom is 0.264 e. The van der Waals surface area contributed by atoms with Gasteiger partial charge in [0.25, 0.3) is 5.91 Å². The number of amides is 3. The number of hydrogen-bond donors (Lipinski definition) is 2. The Morgan fingerprint density at radius 3 is 2.48 bits per heavy atom. The van der Waals surface area contributed by atoms with E-state index in [0.29, 0.717) is 31.9 Å². The van der Waals surface area contributed by atoms with E-state index >= 15 is 4.79 Å². The molecule has 3 amide bonds. The van der Waals surface area contributed by atoms with Gasteiger partial charge in [-0.15, -0.1) is 0 Å². The number of likely N-dealkylation sites (tertiary alicyclic amines) is 1. The topological polar surface area (TPSA) is 121 Å². The number of carbonyl (C=O) groups excluding carboxylic acids is 3. The minimum Gasteiger partial charge on any atom is -0.497 e. The van der Waals surface area contributed by atoms with Crippen LogP contribution in [-0.2, 0) is 31.3 Å². The van der Waals surface area contributed by atoms with Gasteiger partial charge >= 0.3 is 0 Å². The first-order chi connectivity index (χ1) is 25.0. The lowest BCUT2D eigenvalue weighted by molar-refractivity contribution is -0.150.